The topological polar surface area (TPSA) is 52.6 Å². The van der Waals surface area contributed by atoms with Crippen molar-refractivity contribution in [1.82, 2.24) is 5.32 Å². The second kappa shape index (κ2) is 4.81. The fourth-order valence-corrected chi connectivity index (χ4v) is 2.43. The number of piperazine rings is 1. The molecule has 1 amide bonds. The zero-order chi connectivity index (χ0) is 14.2. The van der Waals surface area contributed by atoms with Crippen molar-refractivity contribution in [3.8, 4) is 0 Å². The average molecular weight is 266 g/mol. The summed E-state index contributed by atoms with van der Waals surface area (Å²) in [4.78, 5) is 13.9. The summed E-state index contributed by atoms with van der Waals surface area (Å²) in [6.07, 6.45) is -0.786. The molecule has 1 saturated heterocycles. The van der Waals surface area contributed by atoms with Crippen molar-refractivity contribution >= 4 is 11.6 Å². The molecular weight excluding hydrogens is 247 g/mol. The molecule has 0 saturated carbocycles. The fraction of sp³-hybridized carbons (Fsp3) is 0.500. The summed E-state index contributed by atoms with van der Waals surface area (Å²) in [6, 6.07) is 4.30. The van der Waals surface area contributed by atoms with Gasteiger partial charge in [0.2, 0.25) is 5.91 Å². The van der Waals surface area contributed by atoms with Crippen LogP contribution in [0.4, 0.5) is 10.1 Å². The third-order valence-corrected chi connectivity index (χ3v) is 3.58. The molecule has 0 radical (unpaired) electrons. The SMILES string of the molecule is C[C@H](O)c1cc(F)ccc1N1CCNC(=O)C1(C)C. The summed E-state index contributed by atoms with van der Waals surface area (Å²) in [6.45, 7) is 6.39. The van der Waals surface area contributed by atoms with Crippen LogP contribution in [0, 0.1) is 5.82 Å². The van der Waals surface area contributed by atoms with Gasteiger partial charge in [0.05, 0.1) is 6.10 Å². The number of aliphatic hydroxyl groups excluding tert-OH is 1. The Balaban J connectivity index is 2.49. The lowest BCUT2D eigenvalue weighted by atomic mass is 9.95. The summed E-state index contributed by atoms with van der Waals surface area (Å²) in [5.74, 6) is -0.460. The summed E-state index contributed by atoms with van der Waals surface area (Å²) in [5, 5.41) is 12.6. The lowest BCUT2D eigenvalue weighted by molar-refractivity contribution is -0.126. The monoisotopic (exact) mass is 266 g/mol. The molecule has 0 aromatic heterocycles. The van der Waals surface area contributed by atoms with Crippen LogP contribution in [0.2, 0.25) is 0 Å². The second-order valence-electron chi connectivity index (χ2n) is 5.35. The number of benzene rings is 1. The molecule has 104 valence electrons. The summed E-state index contributed by atoms with van der Waals surface area (Å²) < 4.78 is 13.3. The van der Waals surface area contributed by atoms with Crippen LogP contribution in [0.1, 0.15) is 32.4 Å². The van der Waals surface area contributed by atoms with Crippen molar-refractivity contribution in [2.45, 2.75) is 32.4 Å². The van der Waals surface area contributed by atoms with Crippen molar-refractivity contribution in [3.63, 3.8) is 0 Å². The Bertz CT molecular complexity index is 500. The number of nitrogens with zero attached hydrogens (tertiary/aromatic N) is 1. The van der Waals surface area contributed by atoms with Gasteiger partial charge < -0.3 is 15.3 Å². The number of nitrogens with one attached hydrogen (secondary N) is 1. The largest absolute Gasteiger partial charge is 0.389 e. The highest BCUT2D eigenvalue weighted by Gasteiger charge is 2.38. The third kappa shape index (κ3) is 2.42. The Morgan fingerprint density at radius 2 is 2.16 bits per heavy atom. The number of aliphatic hydroxyl groups is 1. The maximum Gasteiger partial charge on any atom is 0.245 e. The van der Waals surface area contributed by atoms with Gasteiger partial charge in [0.15, 0.2) is 0 Å². The maximum absolute atomic E-state index is 13.3. The Hall–Kier alpha value is -1.62. The molecule has 19 heavy (non-hydrogen) atoms. The standard InChI is InChI=1S/C14H19FN2O2/c1-9(18)11-8-10(15)4-5-12(11)17-7-6-16-13(19)14(17,2)3/h4-5,8-9,18H,6-7H2,1-3H3,(H,16,19)/t9-/m0/s1. The van der Waals surface area contributed by atoms with E-state index in [1.165, 1.54) is 12.1 Å². The van der Waals surface area contributed by atoms with Gasteiger partial charge in [-0.3, -0.25) is 4.79 Å². The highest BCUT2D eigenvalue weighted by atomic mass is 19.1. The van der Waals surface area contributed by atoms with Crippen LogP contribution >= 0.6 is 0 Å². The molecule has 2 rings (SSSR count). The molecule has 5 heteroatoms. The van der Waals surface area contributed by atoms with Gasteiger partial charge in [-0.2, -0.15) is 0 Å². The van der Waals surface area contributed by atoms with Crippen molar-refractivity contribution in [2.75, 3.05) is 18.0 Å². The second-order valence-corrected chi connectivity index (χ2v) is 5.35. The fourth-order valence-electron chi connectivity index (χ4n) is 2.43. The van der Waals surface area contributed by atoms with Gasteiger partial charge in [-0.1, -0.05) is 0 Å². The first kappa shape index (κ1) is 13.8. The van der Waals surface area contributed by atoms with Gasteiger partial charge in [0, 0.05) is 24.3 Å². The number of carbonyl (C=O) groups excluding carboxylic acids is 1. The molecule has 1 heterocycles. The predicted octanol–water partition coefficient (Wildman–Crippen LogP) is 1.59. The van der Waals surface area contributed by atoms with Crippen LogP contribution in [0.5, 0.6) is 0 Å². The Labute approximate surface area is 112 Å². The molecule has 0 unspecified atom stereocenters. The molecule has 1 atom stereocenters. The van der Waals surface area contributed by atoms with Crippen LogP contribution in [0.25, 0.3) is 0 Å². The van der Waals surface area contributed by atoms with Crippen LogP contribution in [-0.2, 0) is 4.79 Å². The van der Waals surface area contributed by atoms with E-state index in [-0.39, 0.29) is 11.7 Å². The quantitative estimate of drug-likeness (QED) is 0.854. The van der Waals surface area contributed by atoms with E-state index in [0.29, 0.717) is 24.3 Å². The number of carbonyl (C=O) groups is 1. The number of hydrogen-bond donors (Lipinski definition) is 2. The number of anilines is 1. The zero-order valence-electron chi connectivity index (χ0n) is 11.4. The van der Waals surface area contributed by atoms with Gasteiger partial charge in [-0.25, -0.2) is 4.39 Å². The van der Waals surface area contributed by atoms with Crippen LogP contribution < -0.4 is 10.2 Å². The maximum atomic E-state index is 13.3. The third-order valence-electron chi connectivity index (χ3n) is 3.58. The molecule has 1 aromatic rings. The number of rotatable bonds is 2. The first-order valence-electron chi connectivity index (χ1n) is 6.37. The number of halogens is 1. The summed E-state index contributed by atoms with van der Waals surface area (Å²) >= 11 is 0. The van der Waals surface area contributed by atoms with E-state index in [1.807, 2.05) is 18.7 Å². The van der Waals surface area contributed by atoms with E-state index < -0.39 is 11.6 Å². The van der Waals surface area contributed by atoms with Gasteiger partial charge in [0.25, 0.3) is 0 Å². The van der Waals surface area contributed by atoms with E-state index in [9.17, 15) is 14.3 Å². The molecule has 1 aromatic carbocycles. The van der Waals surface area contributed by atoms with Gasteiger partial charge in [-0.15, -0.1) is 0 Å². The van der Waals surface area contributed by atoms with Crippen molar-refractivity contribution in [1.29, 1.82) is 0 Å². The number of amides is 1. The van der Waals surface area contributed by atoms with Crippen molar-refractivity contribution < 1.29 is 14.3 Å². The zero-order valence-corrected chi connectivity index (χ0v) is 11.4. The van der Waals surface area contributed by atoms with Crippen LogP contribution in [-0.4, -0.2) is 29.6 Å². The lowest BCUT2D eigenvalue weighted by Crippen LogP contribution is -2.62. The molecular formula is C14H19FN2O2. The lowest BCUT2D eigenvalue weighted by Gasteiger charge is -2.43. The predicted molar refractivity (Wildman–Crippen MR) is 71.5 cm³/mol. The normalized spacial score (nSPS) is 20.1. The van der Waals surface area contributed by atoms with E-state index >= 15 is 0 Å². The van der Waals surface area contributed by atoms with E-state index in [0.717, 1.165) is 0 Å². The van der Waals surface area contributed by atoms with Crippen LogP contribution in [0.15, 0.2) is 18.2 Å². The molecule has 1 fully saturated rings. The average Bonchev–Trinajstić information content (AvgIpc) is 2.33. The molecule has 0 bridgehead atoms. The van der Waals surface area contributed by atoms with E-state index in [2.05, 4.69) is 5.32 Å². The minimum absolute atomic E-state index is 0.0698. The molecule has 1 aliphatic rings. The number of hydrogen-bond acceptors (Lipinski definition) is 3. The van der Waals surface area contributed by atoms with Gasteiger partial charge >= 0.3 is 0 Å². The highest BCUT2D eigenvalue weighted by Crippen LogP contribution is 2.33. The van der Waals surface area contributed by atoms with Crippen molar-refractivity contribution in [3.05, 3.63) is 29.6 Å². The van der Waals surface area contributed by atoms with Crippen molar-refractivity contribution in [2.24, 2.45) is 0 Å². The van der Waals surface area contributed by atoms with E-state index in [1.54, 1.807) is 13.0 Å². The first-order valence-corrected chi connectivity index (χ1v) is 6.37. The molecule has 1 aliphatic heterocycles. The molecule has 2 N–H and O–H groups in total. The smallest absolute Gasteiger partial charge is 0.245 e. The molecule has 4 nitrogen and oxygen atoms in total. The Morgan fingerprint density at radius 1 is 1.47 bits per heavy atom. The van der Waals surface area contributed by atoms with Gasteiger partial charge in [-0.05, 0) is 39.0 Å². The Morgan fingerprint density at radius 3 is 2.79 bits per heavy atom. The summed E-state index contributed by atoms with van der Waals surface area (Å²) in [7, 11) is 0. The van der Waals surface area contributed by atoms with Gasteiger partial charge in [0.1, 0.15) is 11.4 Å². The van der Waals surface area contributed by atoms with E-state index in [4.69, 9.17) is 0 Å². The highest BCUT2D eigenvalue weighted by molar-refractivity contribution is 5.90. The first-order chi connectivity index (χ1) is 8.84. The summed E-state index contributed by atoms with van der Waals surface area (Å²) in [5.41, 5.74) is 0.485. The minimum atomic E-state index is -0.786. The molecule has 0 spiro atoms. The molecule has 0 aliphatic carbocycles. The van der Waals surface area contributed by atoms with Crippen LogP contribution in [0.3, 0.4) is 0 Å². The Kier molecular flexibility index (Phi) is 3.49. The minimum Gasteiger partial charge on any atom is -0.389 e.